The van der Waals surface area contributed by atoms with Crippen LogP contribution in [0.4, 0.5) is 0 Å². The van der Waals surface area contributed by atoms with Crippen molar-refractivity contribution in [3.05, 3.63) is 24.3 Å². The molecule has 0 bridgehead atoms. The number of carbonyl (C=O) groups excluding carboxylic acids is 1. The van der Waals surface area contributed by atoms with Gasteiger partial charge in [-0.25, -0.2) is 0 Å². The van der Waals surface area contributed by atoms with Crippen molar-refractivity contribution in [1.82, 2.24) is 0 Å². The number of hydrogen-bond acceptors (Lipinski definition) is 3. The summed E-state index contributed by atoms with van der Waals surface area (Å²) in [5.74, 6) is 1.00. The molecule has 0 saturated heterocycles. The van der Waals surface area contributed by atoms with Crippen LogP contribution in [0.25, 0.3) is 0 Å². The van der Waals surface area contributed by atoms with Gasteiger partial charge in [0.15, 0.2) is 23.0 Å². The van der Waals surface area contributed by atoms with E-state index in [0.29, 0.717) is 18.3 Å². The van der Waals surface area contributed by atoms with Crippen LogP contribution in [0.2, 0.25) is 0 Å². The van der Waals surface area contributed by atoms with E-state index < -0.39 is 6.10 Å². The van der Waals surface area contributed by atoms with Gasteiger partial charge in [-0.15, -0.1) is 0 Å². The van der Waals surface area contributed by atoms with Crippen molar-refractivity contribution in [1.29, 1.82) is 0 Å². The lowest BCUT2D eigenvalue weighted by atomic mass is 9.92. The van der Waals surface area contributed by atoms with Crippen LogP contribution in [0.1, 0.15) is 51.9 Å². The monoisotopic (exact) mass is 392 g/mol. The summed E-state index contributed by atoms with van der Waals surface area (Å²) in [6.07, 6.45) is 14.7. The summed E-state index contributed by atoms with van der Waals surface area (Å²) >= 11 is 1.58. The van der Waals surface area contributed by atoms with Gasteiger partial charge in [-0.05, 0) is 43.9 Å². The van der Waals surface area contributed by atoms with Crippen LogP contribution in [-0.4, -0.2) is 17.2 Å². The molecule has 0 aromatic carbocycles. The number of allylic oxidation sites excluding steroid dienone is 3. The highest BCUT2D eigenvalue weighted by molar-refractivity contribution is 14.1. The zero-order chi connectivity index (χ0) is 14.8. The van der Waals surface area contributed by atoms with Gasteiger partial charge in [0.25, 0.3) is 0 Å². The number of aliphatic hydroxyl groups is 1. The minimum atomic E-state index is -0.544. The molecule has 0 radical (unpaired) electrons. The lowest BCUT2D eigenvalue weighted by molar-refractivity contribution is -0.131. The molecule has 4 heteroatoms. The Morgan fingerprint density at radius 1 is 1.45 bits per heavy atom. The SMILES string of the molecule is CC/C=C\CC1CCCC1/C=C/C(O)CCC(=O)OI. The Labute approximate surface area is 136 Å². The molecule has 3 atom stereocenters. The first-order valence-electron chi connectivity index (χ1n) is 7.50. The van der Waals surface area contributed by atoms with Crippen LogP contribution in [-0.2, 0) is 7.86 Å². The Balaban J connectivity index is 2.35. The van der Waals surface area contributed by atoms with Crippen LogP contribution in [0.5, 0.6) is 0 Å². The molecule has 0 amide bonds. The van der Waals surface area contributed by atoms with Crippen molar-refractivity contribution in [3.8, 4) is 0 Å². The normalized spacial score (nSPS) is 24.6. The molecule has 1 saturated carbocycles. The van der Waals surface area contributed by atoms with Gasteiger partial charge in [0, 0.05) is 6.42 Å². The Bertz CT molecular complexity index is 339. The van der Waals surface area contributed by atoms with Crippen molar-refractivity contribution < 1.29 is 13.0 Å². The molecule has 1 aliphatic rings. The summed E-state index contributed by atoms with van der Waals surface area (Å²) in [6.45, 7) is 2.15. The summed E-state index contributed by atoms with van der Waals surface area (Å²) in [7, 11) is 0. The number of hydrogen-bond donors (Lipinski definition) is 1. The number of rotatable bonds is 8. The van der Waals surface area contributed by atoms with E-state index in [1.165, 1.54) is 19.3 Å². The summed E-state index contributed by atoms with van der Waals surface area (Å²) in [5, 5.41) is 9.84. The maximum Gasteiger partial charge on any atom is 0.315 e. The number of aliphatic hydroxyl groups excluding tert-OH is 1. The fraction of sp³-hybridized carbons (Fsp3) is 0.688. The zero-order valence-electron chi connectivity index (χ0n) is 12.1. The average molecular weight is 392 g/mol. The van der Waals surface area contributed by atoms with E-state index in [4.69, 9.17) is 0 Å². The van der Waals surface area contributed by atoms with Crippen molar-refractivity contribution in [3.63, 3.8) is 0 Å². The first-order valence-corrected chi connectivity index (χ1v) is 8.38. The van der Waals surface area contributed by atoms with Gasteiger partial charge in [0.2, 0.25) is 0 Å². The molecular weight excluding hydrogens is 367 g/mol. The minimum absolute atomic E-state index is 0.266. The molecule has 0 spiro atoms. The number of halogens is 1. The second-order valence-corrected chi connectivity index (χ2v) is 5.85. The van der Waals surface area contributed by atoms with Gasteiger partial charge in [-0.2, -0.15) is 0 Å². The molecular formula is C16H25IO3. The zero-order valence-corrected chi connectivity index (χ0v) is 14.3. The highest BCUT2D eigenvalue weighted by atomic mass is 127. The van der Waals surface area contributed by atoms with Crippen LogP contribution in [0.3, 0.4) is 0 Å². The molecule has 1 aliphatic carbocycles. The van der Waals surface area contributed by atoms with E-state index in [0.717, 1.165) is 12.8 Å². The van der Waals surface area contributed by atoms with Crippen molar-refractivity contribution in [2.45, 2.75) is 58.0 Å². The third-order valence-electron chi connectivity index (χ3n) is 3.87. The minimum Gasteiger partial charge on any atom is -0.394 e. The fourth-order valence-corrected chi connectivity index (χ4v) is 2.94. The fourth-order valence-electron chi connectivity index (χ4n) is 2.72. The van der Waals surface area contributed by atoms with Crippen molar-refractivity contribution in [2.75, 3.05) is 0 Å². The summed E-state index contributed by atoms with van der Waals surface area (Å²) in [6, 6.07) is 0. The predicted octanol–water partition coefficient (Wildman–Crippen LogP) is 4.35. The molecule has 1 rings (SSSR count). The van der Waals surface area contributed by atoms with Gasteiger partial charge in [0.05, 0.1) is 6.10 Å². The van der Waals surface area contributed by atoms with Crippen molar-refractivity contribution >= 4 is 29.0 Å². The smallest absolute Gasteiger partial charge is 0.315 e. The molecule has 0 aromatic rings. The second kappa shape index (κ2) is 10.4. The Kier molecular flexibility index (Phi) is 9.18. The van der Waals surface area contributed by atoms with Gasteiger partial charge < -0.3 is 8.17 Å². The van der Waals surface area contributed by atoms with Crippen LogP contribution >= 0.6 is 23.0 Å². The number of carbonyl (C=O) groups is 1. The molecule has 0 aliphatic heterocycles. The lowest BCUT2D eigenvalue weighted by Crippen LogP contribution is -2.09. The van der Waals surface area contributed by atoms with Crippen LogP contribution in [0.15, 0.2) is 24.3 Å². The molecule has 3 unspecified atom stereocenters. The quantitative estimate of drug-likeness (QED) is 0.494. The van der Waals surface area contributed by atoms with Crippen LogP contribution < -0.4 is 0 Å². The van der Waals surface area contributed by atoms with E-state index in [1.807, 2.05) is 6.08 Å². The molecule has 3 nitrogen and oxygen atoms in total. The summed E-state index contributed by atoms with van der Waals surface area (Å²) in [5.41, 5.74) is 0. The van der Waals surface area contributed by atoms with E-state index >= 15 is 0 Å². The van der Waals surface area contributed by atoms with E-state index in [1.54, 1.807) is 23.0 Å². The first-order chi connectivity index (χ1) is 9.67. The van der Waals surface area contributed by atoms with Gasteiger partial charge in [-0.1, -0.05) is 37.6 Å². The predicted molar refractivity (Wildman–Crippen MR) is 89.4 cm³/mol. The van der Waals surface area contributed by atoms with E-state index in [-0.39, 0.29) is 12.4 Å². The van der Waals surface area contributed by atoms with E-state index in [9.17, 15) is 9.90 Å². The molecule has 1 N–H and O–H groups in total. The molecule has 0 aromatic heterocycles. The molecule has 1 fully saturated rings. The molecule has 114 valence electrons. The summed E-state index contributed by atoms with van der Waals surface area (Å²) < 4.78 is 4.54. The Morgan fingerprint density at radius 2 is 2.25 bits per heavy atom. The third kappa shape index (κ3) is 6.88. The highest BCUT2D eigenvalue weighted by Crippen LogP contribution is 2.35. The third-order valence-corrected chi connectivity index (χ3v) is 4.36. The standard InChI is InChI=1S/C16H25IO3/c1-2-3-4-6-13-7-5-8-14(13)9-10-15(18)11-12-16(19)20-17/h3-4,9-10,13-15,18H,2,5-8,11-12H2,1H3/b4-3-,10-9+. The van der Waals surface area contributed by atoms with Gasteiger partial charge in [0.1, 0.15) is 0 Å². The Hall–Kier alpha value is -0.360. The maximum atomic E-state index is 11.0. The molecule has 20 heavy (non-hydrogen) atoms. The van der Waals surface area contributed by atoms with Crippen molar-refractivity contribution in [2.24, 2.45) is 11.8 Å². The van der Waals surface area contributed by atoms with Gasteiger partial charge in [-0.3, -0.25) is 4.79 Å². The van der Waals surface area contributed by atoms with E-state index in [2.05, 4.69) is 28.2 Å². The summed E-state index contributed by atoms with van der Waals surface area (Å²) in [4.78, 5) is 11.0. The second-order valence-electron chi connectivity index (χ2n) is 5.41. The lowest BCUT2D eigenvalue weighted by Gasteiger charge is -2.14. The van der Waals surface area contributed by atoms with Crippen LogP contribution in [0, 0.1) is 11.8 Å². The first kappa shape index (κ1) is 17.7. The van der Waals surface area contributed by atoms with Gasteiger partial charge >= 0.3 is 5.97 Å². The average Bonchev–Trinajstić information content (AvgIpc) is 2.90. The topological polar surface area (TPSA) is 46.5 Å². The largest absolute Gasteiger partial charge is 0.394 e. The molecule has 0 heterocycles. The Morgan fingerprint density at radius 3 is 2.95 bits per heavy atom. The maximum absolute atomic E-state index is 11.0. The highest BCUT2D eigenvalue weighted by Gasteiger charge is 2.24.